The zero-order valence-electron chi connectivity index (χ0n) is 13.3. The molecule has 0 saturated carbocycles. The molecule has 120 valence electrons. The standard InChI is InChI=1S/C17H24N2O3/c1-3-17(2)12-19(9-11-22-17)16(20)18-14-8-10-21-15-7-5-4-6-13(14)15/h4-7,14H,3,8-12H2,1-2H3,(H,18,20). The Bertz CT molecular complexity index is 548. The molecule has 1 N–H and O–H groups in total. The van der Waals surface area contributed by atoms with E-state index in [0.29, 0.717) is 26.3 Å². The maximum atomic E-state index is 12.6. The topological polar surface area (TPSA) is 50.8 Å². The van der Waals surface area contributed by atoms with Gasteiger partial charge in [-0.25, -0.2) is 4.79 Å². The molecular weight excluding hydrogens is 280 g/mol. The van der Waals surface area contributed by atoms with Gasteiger partial charge in [-0.3, -0.25) is 0 Å². The summed E-state index contributed by atoms with van der Waals surface area (Å²) in [6, 6.07) is 7.93. The molecule has 22 heavy (non-hydrogen) atoms. The number of ether oxygens (including phenoxy) is 2. The Labute approximate surface area is 131 Å². The second-order valence-corrected chi connectivity index (χ2v) is 6.25. The summed E-state index contributed by atoms with van der Waals surface area (Å²) in [6.45, 7) is 6.68. The van der Waals surface area contributed by atoms with Gasteiger partial charge < -0.3 is 19.7 Å². The minimum Gasteiger partial charge on any atom is -0.493 e. The third kappa shape index (κ3) is 3.04. The summed E-state index contributed by atoms with van der Waals surface area (Å²) >= 11 is 0. The molecule has 0 aliphatic carbocycles. The molecule has 2 atom stereocenters. The zero-order chi connectivity index (χ0) is 15.6. The van der Waals surface area contributed by atoms with Gasteiger partial charge in [-0.05, 0) is 19.4 Å². The van der Waals surface area contributed by atoms with Crippen molar-refractivity contribution in [2.24, 2.45) is 0 Å². The highest BCUT2D eigenvalue weighted by atomic mass is 16.5. The first-order chi connectivity index (χ1) is 10.6. The lowest BCUT2D eigenvalue weighted by molar-refractivity contribution is -0.0875. The van der Waals surface area contributed by atoms with Crippen LogP contribution in [-0.4, -0.2) is 42.8 Å². The van der Waals surface area contributed by atoms with E-state index >= 15 is 0 Å². The lowest BCUT2D eigenvalue weighted by atomic mass is 10.00. The van der Waals surface area contributed by atoms with E-state index in [1.165, 1.54) is 0 Å². The van der Waals surface area contributed by atoms with Crippen molar-refractivity contribution in [3.05, 3.63) is 29.8 Å². The molecule has 2 heterocycles. The number of morpholine rings is 1. The van der Waals surface area contributed by atoms with E-state index in [2.05, 4.69) is 19.2 Å². The third-order valence-corrected chi connectivity index (χ3v) is 4.63. The van der Waals surface area contributed by atoms with Gasteiger partial charge in [0.1, 0.15) is 5.75 Å². The number of carbonyl (C=O) groups is 1. The monoisotopic (exact) mass is 304 g/mol. The number of fused-ring (bicyclic) bond motifs is 1. The van der Waals surface area contributed by atoms with E-state index in [4.69, 9.17) is 9.47 Å². The number of rotatable bonds is 2. The molecule has 5 nitrogen and oxygen atoms in total. The maximum Gasteiger partial charge on any atom is 0.318 e. The number of urea groups is 1. The summed E-state index contributed by atoms with van der Waals surface area (Å²) in [5, 5.41) is 3.16. The summed E-state index contributed by atoms with van der Waals surface area (Å²) in [5.74, 6) is 0.874. The van der Waals surface area contributed by atoms with Gasteiger partial charge >= 0.3 is 6.03 Å². The van der Waals surface area contributed by atoms with Gasteiger partial charge in [-0.1, -0.05) is 25.1 Å². The van der Waals surface area contributed by atoms with Crippen LogP contribution in [0.3, 0.4) is 0 Å². The fourth-order valence-electron chi connectivity index (χ4n) is 3.05. The van der Waals surface area contributed by atoms with Gasteiger partial charge in [0.2, 0.25) is 0 Å². The van der Waals surface area contributed by atoms with Crippen LogP contribution in [0.2, 0.25) is 0 Å². The Balaban J connectivity index is 1.68. The molecule has 0 spiro atoms. The van der Waals surface area contributed by atoms with Crippen LogP contribution in [0.5, 0.6) is 5.75 Å². The van der Waals surface area contributed by atoms with Gasteiger partial charge in [-0.2, -0.15) is 0 Å². The van der Waals surface area contributed by atoms with E-state index in [1.54, 1.807) is 0 Å². The Hall–Kier alpha value is -1.75. The average Bonchev–Trinajstić information content (AvgIpc) is 2.55. The Kier molecular flexibility index (Phi) is 4.25. The number of nitrogens with one attached hydrogen (secondary N) is 1. The van der Waals surface area contributed by atoms with E-state index in [1.807, 2.05) is 29.2 Å². The molecule has 0 radical (unpaired) electrons. The summed E-state index contributed by atoms with van der Waals surface area (Å²) < 4.78 is 11.4. The van der Waals surface area contributed by atoms with Crippen LogP contribution < -0.4 is 10.1 Å². The predicted octanol–water partition coefficient (Wildman–Crippen LogP) is 2.72. The predicted molar refractivity (Wildman–Crippen MR) is 84.0 cm³/mol. The molecule has 2 unspecified atom stereocenters. The molecule has 0 bridgehead atoms. The summed E-state index contributed by atoms with van der Waals surface area (Å²) in [4.78, 5) is 14.5. The van der Waals surface area contributed by atoms with Crippen LogP contribution in [0.15, 0.2) is 24.3 Å². The van der Waals surface area contributed by atoms with Gasteiger partial charge in [0.25, 0.3) is 0 Å². The highest BCUT2D eigenvalue weighted by molar-refractivity contribution is 5.75. The molecule has 1 aromatic carbocycles. The number of nitrogens with zero attached hydrogens (tertiary/aromatic N) is 1. The second-order valence-electron chi connectivity index (χ2n) is 6.25. The first kappa shape index (κ1) is 15.2. The molecule has 2 aliphatic rings. The van der Waals surface area contributed by atoms with E-state index < -0.39 is 0 Å². The Morgan fingerprint density at radius 1 is 1.41 bits per heavy atom. The number of hydrogen-bond donors (Lipinski definition) is 1. The van der Waals surface area contributed by atoms with Crippen molar-refractivity contribution < 1.29 is 14.3 Å². The SMILES string of the molecule is CCC1(C)CN(C(=O)NC2CCOc3ccccc32)CCO1. The minimum absolute atomic E-state index is 0.00956. The van der Waals surface area contributed by atoms with Crippen LogP contribution in [-0.2, 0) is 4.74 Å². The number of amides is 2. The van der Waals surface area contributed by atoms with Crippen molar-refractivity contribution in [2.45, 2.75) is 38.3 Å². The van der Waals surface area contributed by atoms with Crippen molar-refractivity contribution >= 4 is 6.03 Å². The van der Waals surface area contributed by atoms with Gasteiger partial charge in [0.05, 0.1) is 31.4 Å². The van der Waals surface area contributed by atoms with Crippen molar-refractivity contribution in [2.75, 3.05) is 26.3 Å². The van der Waals surface area contributed by atoms with Crippen LogP contribution >= 0.6 is 0 Å². The molecule has 1 aromatic rings. The number of benzene rings is 1. The Morgan fingerprint density at radius 3 is 3.05 bits per heavy atom. The van der Waals surface area contributed by atoms with Crippen molar-refractivity contribution in [3.8, 4) is 5.75 Å². The fourth-order valence-corrected chi connectivity index (χ4v) is 3.05. The van der Waals surface area contributed by atoms with E-state index in [-0.39, 0.29) is 17.7 Å². The second kappa shape index (κ2) is 6.16. The van der Waals surface area contributed by atoms with E-state index in [9.17, 15) is 4.79 Å². The third-order valence-electron chi connectivity index (χ3n) is 4.63. The van der Waals surface area contributed by atoms with Gasteiger partial charge in [-0.15, -0.1) is 0 Å². The highest BCUT2D eigenvalue weighted by Gasteiger charge is 2.33. The number of hydrogen-bond acceptors (Lipinski definition) is 3. The largest absolute Gasteiger partial charge is 0.493 e. The van der Waals surface area contributed by atoms with E-state index in [0.717, 1.165) is 24.2 Å². The summed E-state index contributed by atoms with van der Waals surface area (Å²) in [7, 11) is 0. The van der Waals surface area contributed by atoms with Crippen molar-refractivity contribution in [1.82, 2.24) is 10.2 Å². The zero-order valence-corrected chi connectivity index (χ0v) is 13.3. The molecule has 1 saturated heterocycles. The summed E-state index contributed by atoms with van der Waals surface area (Å²) in [5.41, 5.74) is 0.831. The first-order valence-electron chi connectivity index (χ1n) is 8.02. The normalized spacial score (nSPS) is 27.7. The van der Waals surface area contributed by atoms with Crippen LogP contribution in [0, 0.1) is 0 Å². The van der Waals surface area contributed by atoms with Crippen LogP contribution in [0.4, 0.5) is 4.79 Å². The van der Waals surface area contributed by atoms with Crippen molar-refractivity contribution in [1.29, 1.82) is 0 Å². The molecule has 2 amide bonds. The van der Waals surface area contributed by atoms with Crippen molar-refractivity contribution in [3.63, 3.8) is 0 Å². The first-order valence-corrected chi connectivity index (χ1v) is 8.02. The number of carbonyl (C=O) groups excluding carboxylic acids is 1. The van der Waals surface area contributed by atoms with Gasteiger partial charge in [0.15, 0.2) is 0 Å². The Morgan fingerprint density at radius 2 is 2.23 bits per heavy atom. The molecule has 0 aromatic heterocycles. The fraction of sp³-hybridized carbons (Fsp3) is 0.588. The lowest BCUT2D eigenvalue weighted by Gasteiger charge is -2.40. The molecule has 1 fully saturated rings. The maximum absolute atomic E-state index is 12.6. The number of para-hydroxylation sites is 1. The molecular formula is C17H24N2O3. The van der Waals surface area contributed by atoms with Gasteiger partial charge in [0, 0.05) is 18.5 Å². The molecule has 5 heteroatoms. The highest BCUT2D eigenvalue weighted by Crippen LogP contribution is 2.31. The van der Waals surface area contributed by atoms with Crippen LogP contribution in [0.1, 0.15) is 38.3 Å². The lowest BCUT2D eigenvalue weighted by Crippen LogP contribution is -2.55. The summed E-state index contributed by atoms with van der Waals surface area (Å²) in [6.07, 6.45) is 1.70. The quantitative estimate of drug-likeness (QED) is 0.914. The minimum atomic E-state index is -0.233. The average molecular weight is 304 g/mol. The molecule has 2 aliphatic heterocycles. The van der Waals surface area contributed by atoms with Crippen LogP contribution in [0.25, 0.3) is 0 Å². The molecule has 3 rings (SSSR count). The smallest absolute Gasteiger partial charge is 0.318 e.